The van der Waals surface area contributed by atoms with E-state index in [0.717, 1.165) is 21.6 Å². The molecule has 102 valence electrons. The minimum absolute atomic E-state index is 0.0849. The van der Waals surface area contributed by atoms with E-state index in [2.05, 4.69) is 40.2 Å². The summed E-state index contributed by atoms with van der Waals surface area (Å²) in [5.41, 5.74) is 0.695. The number of hydrogen-bond acceptors (Lipinski definition) is 4. The first-order valence-electron chi connectivity index (χ1n) is 6.08. The van der Waals surface area contributed by atoms with Crippen molar-refractivity contribution in [2.75, 3.05) is 11.9 Å². The third kappa shape index (κ3) is 4.18. The Balaban J connectivity index is 2.09. The largest absolute Gasteiger partial charge is 0.383 e. The quantitative estimate of drug-likeness (QED) is 0.908. The fourth-order valence-corrected chi connectivity index (χ4v) is 2.99. The van der Waals surface area contributed by atoms with E-state index in [1.807, 2.05) is 11.4 Å². The van der Waals surface area contributed by atoms with Crippen LogP contribution in [0.15, 0.2) is 33.0 Å². The van der Waals surface area contributed by atoms with Gasteiger partial charge in [0.1, 0.15) is 0 Å². The van der Waals surface area contributed by atoms with Crippen molar-refractivity contribution in [3.63, 3.8) is 0 Å². The van der Waals surface area contributed by atoms with Crippen LogP contribution in [-0.2, 0) is 6.54 Å². The third-order valence-electron chi connectivity index (χ3n) is 2.51. The molecule has 0 aliphatic heterocycles. The lowest BCUT2D eigenvalue weighted by Crippen LogP contribution is -2.23. The molecular weight excluding hydrogens is 326 g/mol. The summed E-state index contributed by atoms with van der Waals surface area (Å²) in [5.74, 6) is 0.533. The summed E-state index contributed by atoms with van der Waals surface area (Å²) in [5, 5.41) is 9.39. The number of anilines is 1. The maximum Gasteiger partial charge on any atom is 0.269 e. The molecule has 19 heavy (non-hydrogen) atoms. The van der Waals surface area contributed by atoms with E-state index >= 15 is 0 Å². The van der Waals surface area contributed by atoms with Crippen LogP contribution in [0.25, 0.3) is 0 Å². The molecule has 2 aromatic heterocycles. The van der Waals surface area contributed by atoms with Gasteiger partial charge in [0, 0.05) is 27.3 Å². The second-order valence-electron chi connectivity index (χ2n) is 4.75. The zero-order chi connectivity index (χ0) is 13.8. The molecule has 0 atom stereocenters. The van der Waals surface area contributed by atoms with Crippen LogP contribution in [0.5, 0.6) is 0 Å². The number of thiophene rings is 1. The number of nitrogens with zero attached hydrogens (tertiary/aromatic N) is 2. The van der Waals surface area contributed by atoms with Crippen molar-refractivity contribution in [2.24, 2.45) is 5.92 Å². The SMILES string of the molecule is CC(C)CNc1cnn(Cc2cc(Br)cs2)c(=O)c1. The fourth-order valence-electron chi connectivity index (χ4n) is 1.56. The van der Waals surface area contributed by atoms with Crippen LogP contribution in [0.2, 0.25) is 0 Å². The summed E-state index contributed by atoms with van der Waals surface area (Å²) in [6.45, 7) is 5.59. The standard InChI is InChI=1S/C13H16BrN3OS/c1-9(2)5-15-11-4-13(18)17(16-6-11)7-12-3-10(14)8-19-12/h3-4,6,8-9,15H,5,7H2,1-2H3. The average molecular weight is 342 g/mol. The van der Waals surface area contributed by atoms with Crippen LogP contribution >= 0.6 is 27.3 Å². The van der Waals surface area contributed by atoms with Gasteiger partial charge in [0.15, 0.2) is 0 Å². The lowest BCUT2D eigenvalue weighted by atomic mass is 10.2. The lowest BCUT2D eigenvalue weighted by Gasteiger charge is -2.09. The van der Waals surface area contributed by atoms with Gasteiger partial charge in [0.25, 0.3) is 5.56 Å². The van der Waals surface area contributed by atoms with E-state index in [-0.39, 0.29) is 5.56 Å². The van der Waals surface area contributed by atoms with E-state index in [4.69, 9.17) is 0 Å². The van der Waals surface area contributed by atoms with Crippen LogP contribution in [0.1, 0.15) is 18.7 Å². The predicted molar refractivity (Wildman–Crippen MR) is 82.9 cm³/mol. The maximum atomic E-state index is 11.9. The Labute approximate surface area is 124 Å². The molecule has 6 heteroatoms. The lowest BCUT2D eigenvalue weighted by molar-refractivity contribution is 0.643. The molecule has 0 aromatic carbocycles. The van der Waals surface area contributed by atoms with E-state index < -0.39 is 0 Å². The molecule has 0 amide bonds. The maximum absolute atomic E-state index is 11.9. The topological polar surface area (TPSA) is 46.9 Å². The molecule has 0 radical (unpaired) electrons. The molecule has 1 N–H and O–H groups in total. The zero-order valence-electron chi connectivity index (χ0n) is 10.9. The van der Waals surface area contributed by atoms with Gasteiger partial charge in [-0.05, 0) is 27.9 Å². The van der Waals surface area contributed by atoms with Gasteiger partial charge in [0.2, 0.25) is 0 Å². The molecule has 2 aromatic rings. The van der Waals surface area contributed by atoms with E-state index in [1.54, 1.807) is 23.6 Å². The Morgan fingerprint density at radius 2 is 2.26 bits per heavy atom. The number of nitrogens with one attached hydrogen (secondary N) is 1. The van der Waals surface area contributed by atoms with Crippen LogP contribution < -0.4 is 10.9 Å². The van der Waals surface area contributed by atoms with Gasteiger partial charge in [0.05, 0.1) is 18.4 Å². The first-order valence-corrected chi connectivity index (χ1v) is 7.76. The molecule has 0 fully saturated rings. The molecule has 2 rings (SSSR count). The summed E-state index contributed by atoms with van der Waals surface area (Å²) >= 11 is 5.01. The zero-order valence-corrected chi connectivity index (χ0v) is 13.3. The first kappa shape index (κ1) is 14.3. The summed E-state index contributed by atoms with van der Waals surface area (Å²) in [4.78, 5) is 13.1. The van der Waals surface area contributed by atoms with Crippen LogP contribution in [0.3, 0.4) is 0 Å². The number of halogens is 1. The molecule has 4 nitrogen and oxygen atoms in total. The molecule has 0 aliphatic rings. The summed E-state index contributed by atoms with van der Waals surface area (Å²) in [6, 6.07) is 3.60. The van der Waals surface area contributed by atoms with Crippen molar-refractivity contribution in [3.8, 4) is 0 Å². The van der Waals surface area contributed by atoms with Gasteiger partial charge in [-0.3, -0.25) is 4.79 Å². The minimum atomic E-state index is -0.0849. The van der Waals surface area contributed by atoms with Crippen molar-refractivity contribution in [2.45, 2.75) is 20.4 Å². The Kier molecular flexibility index (Phi) is 4.76. The summed E-state index contributed by atoms with van der Waals surface area (Å²) in [6.07, 6.45) is 1.70. The monoisotopic (exact) mass is 341 g/mol. The van der Waals surface area contributed by atoms with Crippen LogP contribution in [0, 0.1) is 5.92 Å². The van der Waals surface area contributed by atoms with Crippen molar-refractivity contribution < 1.29 is 0 Å². The van der Waals surface area contributed by atoms with Gasteiger partial charge < -0.3 is 5.32 Å². The normalized spacial score (nSPS) is 10.9. The molecule has 2 heterocycles. The van der Waals surface area contributed by atoms with Crippen molar-refractivity contribution in [3.05, 3.63) is 43.4 Å². The molecule has 0 spiro atoms. The van der Waals surface area contributed by atoms with E-state index in [0.29, 0.717) is 12.5 Å². The summed E-state index contributed by atoms with van der Waals surface area (Å²) < 4.78 is 2.51. The minimum Gasteiger partial charge on any atom is -0.383 e. The molecule has 0 saturated heterocycles. The van der Waals surface area contributed by atoms with Crippen LogP contribution in [-0.4, -0.2) is 16.3 Å². The smallest absolute Gasteiger partial charge is 0.269 e. The number of hydrogen-bond donors (Lipinski definition) is 1. The Morgan fingerprint density at radius 1 is 1.47 bits per heavy atom. The Morgan fingerprint density at radius 3 is 2.84 bits per heavy atom. The van der Waals surface area contributed by atoms with Crippen molar-refractivity contribution >= 4 is 33.0 Å². The van der Waals surface area contributed by atoms with Gasteiger partial charge in [-0.2, -0.15) is 5.10 Å². The molecule has 0 aliphatic carbocycles. The second-order valence-corrected chi connectivity index (χ2v) is 6.66. The van der Waals surface area contributed by atoms with E-state index in [9.17, 15) is 4.79 Å². The van der Waals surface area contributed by atoms with Crippen molar-refractivity contribution in [1.29, 1.82) is 0 Å². The fraction of sp³-hybridized carbons (Fsp3) is 0.385. The predicted octanol–water partition coefficient (Wildman–Crippen LogP) is 3.18. The van der Waals surface area contributed by atoms with Crippen molar-refractivity contribution in [1.82, 2.24) is 9.78 Å². The number of aromatic nitrogens is 2. The van der Waals surface area contributed by atoms with Crippen LogP contribution in [0.4, 0.5) is 5.69 Å². The van der Waals surface area contributed by atoms with Gasteiger partial charge in [-0.25, -0.2) is 4.68 Å². The molecule has 0 saturated carbocycles. The van der Waals surface area contributed by atoms with Gasteiger partial charge >= 0.3 is 0 Å². The number of rotatable bonds is 5. The summed E-state index contributed by atoms with van der Waals surface area (Å²) in [7, 11) is 0. The molecule has 0 bridgehead atoms. The van der Waals surface area contributed by atoms with Gasteiger partial charge in [-0.1, -0.05) is 13.8 Å². The third-order valence-corrected chi connectivity index (χ3v) is 4.19. The second kappa shape index (κ2) is 6.34. The highest BCUT2D eigenvalue weighted by Crippen LogP contribution is 2.19. The highest BCUT2D eigenvalue weighted by atomic mass is 79.9. The highest BCUT2D eigenvalue weighted by molar-refractivity contribution is 9.10. The Hall–Kier alpha value is -1.14. The highest BCUT2D eigenvalue weighted by Gasteiger charge is 2.04. The Bertz CT molecular complexity index is 606. The van der Waals surface area contributed by atoms with E-state index in [1.165, 1.54) is 4.68 Å². The first-order chi connectivity index (χ1) is 9.04. The van der Waals surface area contributed by atoms with Gasteiger partial charge in [-0.15, -0.1) is 11.3 Å². The molecular formula is C13H16BrN3OS. The average Bonchev–Trinajstić information content (AvgIpc) is 2.75. The molecule has 0 unspecified atom stereocenters.